The highest BCUT2D eigenvalue weighted by Gasteiger charge is 2.32. The number of aromatic nitrogens is 1. The summed E-state index contributed by atoms with van der Waals surface area (Å²) in [4.78, 5) is 52.9. The number of pyridine rings is 1. The van der Waals surface area contributed by atoms with Crippen LogP contribution < -0.4 is 14.8 Å². The number of ether oxygens (including phenoxy) is 5. The summed E-state index contributed by atoms with van der Waals surface area (Å²) in [5.41, 5.74) is -0.143. The van der Waals surface area contributed by atoms with Gasteiger partial charge in [0.2, 0.25) is 6.79 Å². The zero-order chi connectivity index (χ0) is 25.3. The van der Waals surface area contributed by atoms with Gasteiger partial charge in [-0.15, -0.1) is 0 Å². The normalized spacial score (nSPS) is 20.8. The highest BCUT2D eigenvalue weighted by molar-refractivity contribution is 5.98. The summed E-state index contributed by atoms with van der Waals surface area (Å²) >= 11 is 0. The van der Waals surface area contributed by atoms with Gasteiger partial charge in [0.25, 0.3) is 5.91 Å². The number of hydrogen-bond acceptors (Lipinski definition) is 10. The van der Waals surface area contributed by atoms with Crippen LogP contribution in [0.3, 0.4) is 0 Å². The number of hydrogen-bond donors (Lipinski definition) is 1. The minimum atomic E-state index is -0.941. The van der Waals surface area contributed by atoms with E-state index in [-0.39, 0.29) is 29.1 Å². The Kier molecular flexibility index (Phi) is 10.1. The maximum absolute atomic E-state index is 13.0. The fourth-order valence-electron chi connectivity index (χ4n) is 3.25. The van der Waals surface area contributed by atoms with E-state index < -0.39 is 42.9 Å². The van der Waals surface area contributed by atoms with Crippen LogP contribution in [0.4, 0.5) is 0 Å². The Morgan fingerprint density at radius 1 is 1.24 bits per heavy atom. The van der Waals surface area contributed by atoms with Crippen molar-refractivity contribution in [1.82, 2.24) is 10.3 Å². The smallest absolute Gasteiger partial charge is 0.329 e. The lowest BCUT2D eigenvalue weighted by Crippen LogP contribution is -2.44. The molecule has 11 heteroatoms. The second kappa shape index (κ2) is 12.8. The van der Waals surface area contributed by atoms with Crippen molar-refractivity contribution in [3.05, 3.63) is 18.0 Å². The van der Waals surface area contributed by atoms with Crippen molar-refractivity contribution in [2.24, 2.45) is 5.92 Å². The van der Waals surface area contributed by atoms with Crippen LogP contribution in [0, 0.1) is 5.92 Å². The van der Waals surface area contributed by atoms with Gasteiger partial charge in [0.1, 0.15) is 18.2 Å². The second-order valence-corrected chi connectivity index (χ2v) is 8.17. The molecule has 0 unspecified atom stereocenters. The van der Waals surface area contributed by atoms with Crippen molar-refractivity contribution in [1.29, 1.82) is 0 Å². The zero-order valence-corrected chi connectivity index (χ0v) is 20.1. The predicted octanol–water partition coefficient (Wildman–Crippen LogP) is 2.16. The van der Waals surface area contributed by atoms with Crippen LogP contribution in [-0.2, 0) is 28.6 Å². The van der Waals surface area contributed by atoms with E-state index in [1.54, 1.807) is 20.8 Å². The van der Waals surface area contributed by atoms with Crippen molar-refractivity contribution in [2.45, 2.75) is 71.6 Å². The Bertz CT molecular complexity index is 887. The number of carbonyl (C=O) groups excluding carboxylic acids is 4. The molecule has 1 saturated heterocycles. The van der Waals surface area contributed by atoms with Crippen LogP contribution in [0.25, 0.3) is 0 Å². The van der Waals surface area contributed by atoms with Crippen LogP contribution in [0.5, 0.6) is 11.5 Å². The van der Waals surface area contributed by atoms with E-state index in [9.17, 15) is 19.2 Å². The number of esters is 3. The predicted molar refractivity (Wildman–Crippen MR) is 118 cm³/mol. The first kappa shape index (κ1) is 26.9. The first-order valence-electron chi connectivity index (χ1n) is 11.1. The van der Waals surface area contributed by atoms with Crippen LogP contribution in [-0.4, -0.2) is 61.0 Å². The molecule has 1 amide bonds. The molecular weight excluding hydrogens is 448 g/mol. The van der Waals surface area contributed by atoms with Crippen LogP contribution in [0.2, 0.25) is 0 Å². The highest BCUT2D eigenvalue weighted by Crippen LogP contribution is 2.30. The van der Waals surface area contributed by atoms with Crippen LogP contribution >= 0.6 is 0 Å². The van der Waals surface area contributed by atoms with Crippen molar-refractivity contribution in [3.8, 4) is 11.5 Å². The molecule has 0 aliphatic carbocycles. The van der Waals surface area contributed by atoms with Gasteiger partial charge in [0.15, 0.2) is 17.2 Å². The van der Waals surface area contributed by atoms with Crippen LogP contribution in [0.1, 0.15) is 63.9 Å². The number of cyclic esters (lactones) is 1. The SMILES string of the molecule is COc1ccnc(C(=O)N[C@H]2CCCC[C@@H](OC(=O)C(C)C)[C@H](C)OC2=O)c1OCOC(C)=O. The number of methoxy groups -OCH3 is 1. The lowest BCUT2D eigenvalue weighted by molar-refractivity contribution is -0.170. The lowest BCUT2D eigenvalue weighted by atomic mass is 10.0. The fraction of sp³-hybridized carbons (Fsp3) is 0.609. The molecule has 0 saturated carbocycles. The van der Waals surface area contributed by atoms with Crippen molar-refractivity contribution in [2.75, 3.05) is 13.9 Å². The van der Waals surface area contributed by atoms with Crippen molar-refractivity contribution >= 4 is 23.8 Å². The van der Waals surface area contributed by atoms with Gasteiger partial charge in [-0.2, -0.15) is 0 Å². The molecule has 2 heterocycles. The van der Waals surface area contributed by atoms with E-state index in [0.717, 1.165) is 0 Å². The van der Waals surface area contributed by atoms with Gasteiger partial charge in [-0.1, -0.05) is 20.3 Å². The van der Waals surface area contributed by atoms with Gasteiger partial charge < -0.3 is 29.0 Å². The minimum absolute atomic E-state index is 0.0331. The Labute approximate surface area is 198 Å². The highest BCUT2D eigenvalue weighted by atomic mass is 16.7. The average molecular weight is 481 g/mol. The minimum Gasteiger partial charge on any atom is -0.493 e. The molecule has 1 fully saturated rings. The first-order valence-corrected chi connectivity index (χ1v) is 11.1. The van der Waals surface area contributed by atoms with Gasteiger partial charge in [0, 0.05) is 19.2 Å². The summed E-state index contributed by atoms with van der Waals surface area (Å²) in [7, 11) is 1.38. The largest absolute Gasteiger partial charge is 0.493 e. The summed E-state index contributed by atoms with van der Waals surface area (Å²) in [5.74, 6) is -2.37. The first-order chi connectivity index (χ1) is 16.1. The monoisotopic (exact) mass is 480 g/mol. The number of nitrogens with zero attached hydrogens (tertiary/aromatic N) is 1. The number of carbonyl (C=O) groups is 4. The molecule has 1 aliphatic heterocycles. The Morgan fingerprint density at radius 3 is 2.59 bits per heavy atom. The van der Waals surface area contributed by atoms with E-state index in [0.29, 0.717) is 25.7 Å². The summed E-state index contributed by atoms with van der Waals surface area (Å²) in [6.45, 7) is 5.89. The molecule has 0 spiro atoms. The van der Waals surface area contributed by atoms with Crippen molar-refractivity contribution < 1.29 is 42.9 Å². The van der Waals surface area contributed by atoms with Crippen molar-refractivity contribution in [3.63, 3.8) is 0 Å². The second-order valence-electron chi connectivity index (χ2n) is 8.17. The number of amides is 1. The summed E-state index contributed by atoms with van der Waals surface area (Å²) in [6, 6.07) is 0.540. The van der Waals surface area contributed by atoms with E-state index in [1.165, 1.54) is 26.3 Å². The molecule has 3 atom stereocenters. The third-order valence-corrected chi connectivity index (χ3v) is 5.15. The molecule has 2 rings (SSSR count). The quantitative estimate of drug-likeness (QED) is 0.334. The third-order valence-electron chi connectivity index (χ3n) is 5.15. The molecule has 11 nitrogen and oxygen atoms in total. The fourth-order valence-corrected chi connectivity index (χ4v) is 3.25. The Hall–Kier alpha value is -3.37. The molecule has 0 radical (unpaired) electrons. The maximum Gasteiger partial charge on any atom is 0.329 e. The summed E-state index contributed by atoms with van der Waals surface area (Å²) < 4.78 is 26.4. The molecule has 0 bridgehead atoms. The molecule has 1 N–H and O–H groups in total. The Balaban J connectivity index is 2.14. The molecule has 34 heavy (non-hydrogen) atoms. The molecular formula is C23H32N2O9. The lowest BCUT2D eigenvalue weighted by Gasteiger charge is -2.25. The maximum atomic E-state index is 13.0. The van der Waals surface area contributed by atoms with E-state index >= 15 is 0 Å². The number of nitrogens with one attached hydrogen (secondary N) is 1. The van der Waals surface area contributed by atoms with Gasteiger partial charge >= 0.3 is 17.9 Å². The van der Waals surface area contributed by atoms with E-state index in [2.05, 4.69) is 10.3 Å². The van der Waals surface area contributed by atoms with Gasteiger partial charge in [-0.25, -0.2) is 9.78 Å². The average Bonchev–Trinajstić information content (AvgIpc) is 2.84. The summed E-state index contributed by atoms with van der Waals surface area (Å²) in [6.07, 6.45) is 2.26. The molecule has 0 aromatic carbocycles. The van der Waals surface area contributed by atoms with E-state index in [4.69, 9.17) is 23.7 Å². The standard InChI is InChI=1S/C23H32N2O9/c1-13(2)22(28)34-17-9-7-6-8-16(23(29)33-14(17)3)25-21(27)19-20(32-12-31-15(4)26)18(30-5)10-11-24-19/h10-11,13-14,16-17H,6-9,12H2,1-5H3,(H,25,27)/t14-,16-,17+/m0/s1. The number of rotatable bonds is 8. The molecule has 1 aromatic heterocycles. The summed E-state index contributed by atoms with van der Waals surface area (Å²) in [5, 5.41) is 2.64. The topological polar surface area (TPSA) is 139 Å². The molecule has 1 aromatic rings. The van der Waals surface area contributed by atoms with E-state index in [1.807, 2.05) is 0 Å². The molecule has 1 aliphatic rings. The van der Waals surface area contributed by atoms with Gasteiger partial charge in [0.05, 0.1) is 13.0 Å². The Morgan fingerprint density at radius 2 is 1.94 bits per heavy atom. The van der Waals surface area contributed by atoms with Gasteiger partial charge in [-0.3, -0.25) is 14.4 Å². The zero-order valence-electron chi connectivity index (χ0n) is 20.1. The third kappa shape index (κ3) is 7.60. The van der Waals surface area contributed by atoms with Gasteiger partial charge in [-0.05, 0) is 26.2 Å². The molecule has 188 valence electrons. The van der Waals surface area contributed by atoms with Crippen LogP contribution in [0.15, 0.2) is 12.3 Å².